The lowest BCUT2D eigenvalue weighted by molar-refractivity contribution is 0.294. The van der Waals surface area contributed by atoms with E-state index in [0.29, 0.717) is 5.88 Å². The maximum atomic E-state index is 5.68. The average Bonchev–Trinajstić information content (AvgIpc) is 2.49. The summed E-state index contributed by atoms with van der Waals surface area (Å²) >= 11 is 0. The quantitative estimate of drug-likeness (QED) is 0.747. The first-order chi connectivity index (χ1) is 6.63. The Kier molecular flexibility index (Phi) is 2.25. The second-order valence-electron chi connectivity index (χ2n) is 4.64. The molecule has 2 rings (SSSR count). The zero-order valence-corrected chi connectivity index (χ0v) is 8.97. The highest BCUT2D eigenvalue weighted by atomic mass is 16.5. The van der Waals surface area contributed by atoms with Crippen LogP contribution in [0.3, 0.4) is 0 Å². The monoisotopic (exact) mass is 194 g/mol. The van der Waals surface area contributed by atoms with Gasteiger partial charge in [-0.1, -0.05) is 31.3 Å². The van der Waals surface area contributed by atoms with Crippen molar-refractivity contribution in [1.29, 1.82) is 0 Å². The van der Waals surface area contributed by atoms with Crippen LogP contribution in [-0.2, 0) is 5.41 Å². The highest BCUT2D eigenvalue weighted by Gasteiger charge is 2.33. The predicted octanol–water partition coefficient (Wildman–Crippen LogP) is 2.79. The summed E-state index contributed by atoms with van der Waals surface area (Å²) in [5.74, 6) is 0.479. The molecule has 0 radical (unpaired) electrons. The summed E-state index contributed by atoms with van der Waals surface area (Å²) in [5, 5.41) is 4.11. The van der Waals surface area contributed by atoms with Gasteiger partial charge in [0.2, 0.25) is 5.88 Å². The maximum absolute atomic E-state index is 5.68. The van der Waals surface area contributed by atoms with Gasteiger partial charge < -0.3 is 10.3 Å². The van der Waals surface area contributed by atoms with Crippen molar-refractivity contribution in [3.05, 3.63) is 11.3 Å². The Hall–Kier alpha value is -0.990. The van der Waals surface area contributed by atoms with Gasteiger partial charge in [0.1, 0.15) is 0 Å². The first kappa shape index (κ1) is 9.56. The fourth-order valence-corrected chi connectivity index (χ4v) is 2.48. The third-order valence-corrected chi connectivity index (χ3v) is 3.49. The van der Waals surface area contributed by atoms with Crippen LogP contribution in [0.5, 0.6) is 0 Å². The van der Waals surface area contributed by atoms with Crippen LogP contribution in [-0.4, -0.2) is 5.16 Å². The fraction of sp³-hybridized carbons (Fsp3) is 0.727. The minimum absolute atomic E-state index is 0.198. The Morgan fingerprint density at radius 1 is 1.29 bits per heavy atom. The van der Waals surface area contributed by atoms with Gasteiger partial charge in [0.25, 0.3) is 0 Å². The average molecular weight is 194 g/mol. The van der Waals surface area contributed by atoms with Crippen molar-refractivity contribution in [3.8, 4) is 0 Å². The molecule has 14 heavy (non-hydrogen) atoms. The Bertz CT molecular complexity index is 324. The van der Waals surface area contributed by atoms with Gasteiger partial charge in [-0.15, -0.1) is 0 Å². The van der Waals surface area contributed by atoms with Gasteiger partial charge in [-0.25, -0.2) is 0 Å². The zero-order chi connectivity index (χ0) is 10.2. The van der Waals surface area contributed by atoms with Crippen LogP contribution >= 0.6 is 0 Å². The molecule has 0 saturated heterocycles. The lowest BCUT2D eigenvalue weighted by atomic mass is 9.72. The molecule has 1 saturated carbocycles. The number of aromatic nitrogens is 1. The van der Waals surface area contributed by atoms with E-state index in [2.05, 4.69) is 12.1 Å². The van der Waals surface area contributed by atoms with Gasteiger partial charge in [0, 0.05) is 11.0 Å². The first-order valence-corrected chi connectivity index (χ1v) is 5.36. The van der Waals surface area contributed by atoms with Crippen LogP contribution in [0.4, 0.5) is 5.88 Å². The molecule has 3 heteroatoms. The van der Waals surface area contributed by atoms with E-state index in [-0.39, 0.29) is 5.41 Å². The number of nitrogens with two attached hydrogens (primary N) is 1. The van der Waals surface area contributed by atoms with Gasteiger partial charge in [-0.05, 0) is 19.8 Å². The normalized spacial score (nSPS) is 21.0. The molecule has 2 N–H and O–H groups in total. The lowest BCUT2D eigenvalue weighted by Crippen LogP contribution is -2.26. The molecule has 1 fully saturated rings. The minimum Gasteiger partial charge on any atom is -0.367 e. The molecule has 0 unspecified atom stereocenters. The third-order valence-electron chi connectivity index (χ3n) is 3.49. The number of nitrogens with zero attached hydrogens (tertiary/aromatic N) is 1. The molecule has 1 aliphatic rings. The van der Waals surface area contributed by atoms with Crippen LogP contribution in [0, 0.1) is 6.92 Å². The summed E-state index contributed by atoms with van der Waals surface area (Å²) in [4.78, 5) is 0. The zero-order valence-electron chi connectivity index (χ0n) is 8.97. The molecule has 1 heterocycles. The Balaban J connectivity index is 2.32. The van der Waals surface area contributed by atoms with E-state index in [1.807, 2.05) is 6.92 Å². The van der Waals surface area contributed by atoms with Crippen LogP contribution < -0.4 is 5.73 Å². The highest BCUT2D eigenvalue weighted by molar-refractivity contribution is 5.40. The standard InChI is InChI=1S/C11H18N2O/c1-8-9(13-14-10(8)12)11(2)6-4-3-5-7-11/h3-7,12H2,1-2H3. The number of anilines is 1. The molecule has 0 aromatic carbocycles. The smallest absolute Gasteiger partial charge is 0.225 e. The van der Waals surface area contributed by atoms with Crippen molar-refractivity contribution >= 4 is 5.88 Å². The third kappa shape index (κ3) is 1.41. The lowest BCUT2D eigenvalue weighted by Gasteiger charge is -2.31. The van der Waals surface area contributed by atoms with Crippen molar-refractivity contribution in [2.45, 2.75) is 51.4 Å². The predicted molar refractivity (Wildman–Crippen MR) is 56.1 cm³/mol. The second kappa shape index (κ2) is 3.30. The van der Waals surface area contributed by atoms with E-state index in [9.17, 15) is 0 Å². The van der Waals surface area contributed by atoms with E-state index in [4.69, 9.17) is 10.3 Å². The molecule has 1 aromatic rings. The van der Waals surface area contributed by atoms with E-state index in [0.717, 1.165) is 11.3 Å². The number of nitrogen functional groups attached to an aromatic ring is 1. The first-order valence-electron chi connectivity index (χ1n) is 5.36. The Morgan fingerprint density at radius 2 is 1.93 bits per heavy atom. The van der Waals surface area contributed by atoms with Crippen LogP contribution in [0.25, 0.3) is 0 Å². The molecule has 3 nitrogen and oxygen atoms in total. The van der Waals surface area contributed by atoms with Crippen molar-refractivity contribution in [2.75, 3.05) is 5.73 Å². The SMILES string of the molecule is Cc1c(C2(C)CCCCC2)noc1N. The minimum atomic E-state index is 0.198. The summed E-state index contributed by atoms with van der Waals surface area (Å²) in [7, 11) is 0. The van der Waals surface area contributed by atoms with Gasteiger partial charge in [-0.2, -0.15) is 0 Å². The van der Waals surface area contributed by atoms with Crippen molar-refractivity contribution in [3.63, 3.8) is 0 Å². The number of hydrogen-bond donors (Lipinski definition) is 1. The molecule has 0 spiro atoms. The highest BCUT2D eigenvalue weighted by Crippen LogP contribution is 2.40. The summed E-state index contributed by atoms with van der Waals surface area (Å²) in [6.45, 7) is 4.28. The second-order valence-corrected chi connectivity index (χ2v) is 4.64. The van der Waals surface area contributed by atoms with Gasteiger partial charge >= 0.3 is 0 Å². The molecule has 0 amide bonds. The molecular weight excluding hydrogens is 176 g/mol. The molecular formula is C11H18N2O. The summed E-state index contributed by atoms with van der Waals surface area (Å²) in [6, 6.07) is 0. The molecule has 1 aromatic heterocycles. The van der Waals surface area contributed by atoms with E-state index >= 15 is 0 Å². The summed E-state index contributed by atoms with van der Waals surface area (Å²) in [5.41, 5.74) is 7.99. The van der Waals surface area contributed by atoms with Crippen molar-refractivity contribution in [1.82, 2.24) is 5.16 Å². The topological polar surface area (TPSA) is 52.0 Å². The number of rotatable bonds is 1. The van der Waals surface area contributed by atoms with Crippen molar-refractivity contribution in [2.24, 2.45) is 0 Å². The van der Waals surface area contributed by atoms with Crippen LogP contribution in [0.2, 0.25) is 0 Å². The maximum Gasteiger partial charge on any atom is 0.225 e. The van der Waals surface area contributed by atoms with Crippen molar-refractivity contribution < 1.29 is 4.52 Å². The largest absolute Gasteiger partial charge is 0.367 e. The molecule has 0 bridgehead atoms. The van der Waals surface area contributed by atoms with Crippen LogP contribution in [0.1, 0.15) is 50.3 Å². The Labute approximate surface area is 84.7 Å². The molecule has 0 atom stereocenters. The van der Waals surface area contributed by atoms with E-state index in [1.54, 1.807) is 0 Å². The summed E-state index contributed by atoms with van der Waals surface area (Å²) in [6.07, 6.45) is 6.35. The van der Waals surface area contributed by atoms with Gasteiger partial charge in [0.15, 0.2) is 0 Å². The van der Waals surface area contributed by atoms with E-state index < -0.39 is 0 Å². The molecule has 78 valence electrons. The van der Waals surface area contributed by atoms with Crippen LogP contribution in [0.15, 0.2) is 4.52 Å². The molecule has 0 aliphatic heterocycles. The summed E-state index contributed by atoms with van der Waals surface area (Å²) < 4.78 is 5.04. The van der Waals surface area contributed by atoms with Gasteiger partial charge in [-0.3, -0.25) is 0 Å². The fourth-order valence-electron chi connectivity index (χ4n) is 2.48. The Morgan fingerprint density at radius 3 is 2.43 bits per heavy atom. The molecule has 1 aliphatic carbocycles. The number of hydrogen-bond acceptors (Lipinski definition) is 3. The van der Waals surface area contributed by atoms with Gasteiger partial charge in [0.05, 0.1) is 5.69 Å². The van der Waals surface area contributed by atoms with E-state index in [1.165, 1.54) is 32.1 Å².